The normalized spacial score (nSPS) is 17.2. The second-order valence-electron chi connectivity index (χ2n) is 4.41. The number of imidazole rings is 1. The minimum absolute atomic E-state index is 0. The van der Waals surface area contributed by atoms with E-state index < -0.39 is 0 Å². The number of rotatable bonds is 5. The third-order valence-corrected chi connectivity index (χ3v) is 3.41. The number of aryl methyl sites for hydroxylation is 1. The molecule has 0 spiro atoms. The van der Waals surface area contributed by atoms with Crippen LogP contribution in [0.25, 0.3) is 0 Å². The fourth-order valence-corrected chi connectivity index (χ4v) is 1.84. The topological polar surface area (TPSA) is 29.9 Å². The minimum Gasteiger partial charge on any atom is -0.337 e. The summed E-state index contributed by atoms with van der Waals surface area (Å²) in [6, 6.07) is 0. The molecule has 0 saturated heterocycles. The van der Waals surface area contributed by atoms with Crippen molar-refractivity contribution in [2.24, 2.45) is 12.5 Å². The van der Waals surface area contributed by atoms with Gasteiger partial charge in [0.05, 0.1) is 6.54 Å². The van der Waals surface area contributed by atoms with Crippen molar-refractivity contribution in [1.29, 1.82) is 0 Å². The summed E-state index contributed by atoms with van der Waals surface area (Å²) in [7, 11) is 2.04. The molecule has 0 aliphatic heterocycles. The summed E-state index contributed by atoms with van der Waals surface area (Å²) < 4.78 is 2.07. The quantitative estimate of drug-likeness (QED) is 0.839. The summed E-state index contributed by atoms with van der Waals surface area (Å²) in [6.07, 6.45) is 7.95. The molecule has 1 fully saturated rings. The number of halogens is 1. The van der Waals surface area contributed by atoms with Gasteiger partial charge in [0.25, 0.3) is 0 Å². The van der Waals surface area contributed by atoms with Gasteiger partial charge in [0, 0.05) is 26.0 Å². The highest BCUT2D eigenvalue weighted by atomic mass is 35.5. The molecule has 1 aliphatic carbocycles. The molecule has 0 amide bonds. The lowest BCUT2D eigenvalue weighted by Crippen LogP contribution is -2.24. The second kappa shape index (κ2) is 4.99. The summed E-state index contributed by atoms with van der Waals surface area (Å²) in [5.41, 5.74) is 0.630. The van der Waals surface area contributed by atoms with Crippen molar-refractivity contribution in [3.63, 3.8) is 0 Å². The van der Waals surface area contributed by atoms with Gasteiger partial charge < -0.3 is 9.88 Å². The highest BCUT2D eigenvalue weighted by Crippen LogP contribution is 2.47. The van der Waals surface area contributed by atoms with Crippen LogP contribution in [0.4, 0.5) is 0 Å². The first-order chi connectivity index (χ1) is 6.76. The van der Waals surface area contributed by atoms with E-state index in [4.69, 9.17) is 0 Å². The highest BCUT2D eigenvalue weighted by molar-refractivity contribution is 5.85. The summed E-state index contributed by atoms with van der Waals surface area (Å²) in [4.78, 5) is 4.28. The van der Waals surface area contributed by atoms with Crippen LogP contribution >= 0.6 is 12.4 Å². The van der Waals surface area contributed by atoms with Gasteiger partial charge in [-0.3, -0.25) is 0 Å². The number of nitrogens with zero attached hydrogens (tertiary/aromatic N) is 2. The van der Waals surface area contributed by atoms with E-state index in [1.54, 1.807) is 0 Å². The summed E-state index contributed by atoms with van der Waals surface area (Å²) in [6.45, 7) is 4.33. The predicted octanol–water partition coefficient (Wildman–Crippen LogP) is 2.12. The summed E-state index contributed by atoms with van der Waals surface area (Å²) in [5, 5.41) is 3.50. The fraction of sp³-hybridized carbons (Fsp3) is 0.727. The molecule has 0 radical (unpaired) electrons. The van der Waals surface area contributed by atoms with Crippen LogP contribution in [0.1, 0.15) is 32.0 Å². The summed E-state index contributed by atoms with van der Waals surface area (Å²) in [5.74, 6) is 1.12. The van der Waals surface area contributed by atoms with Gasteiger partial charge >= 0.3 is 0 Å². The van der Waals surface area contributed by atoms with E-state index in [1.165, 1.54) is 19.3 Å². The van der Waals surface area contributed by atoms with Gasteiger partial charge in [-0.05, 0) is 24.7 Å². The van der Waals surface area contributed by atoms with Gasteiger partial charge in [-0.1, -0.05) is 6.92 Å². The molecule has 1 heterocycles. The van der Waals surface area contributed by atoms with Crippen molar-refractivity contribution < 1.29 is 0 Å². The van der Waals surface area contributed by atoms with Crippen LogP contribution < -0.4 is 5.32 Å². The summed E-state index contributed by atoms with van der Waals surface area (Å²) >= 11 is 0. The zero-order chi connectivity index (χ0) is 10.0. The van der Waals surface area contributed by atoms with Crippen LogP contribution in [0.5, 0.6) is 0 Å². The molecular weight excluding hydrogens is 210 g/mol. The first-order valence-electron chi connectivity index (χ1n) is 5.43. The molecule has 1 aromatic rings. The maximum Gasteiger partial charge on any atom is 0.122 e. The van der Waals surface area contributed by atoms with E-state index >= 15 is 0 Å². The maximum absolute atomic E-state index is 4.28. The number of aromatic nitrogens is 2. The van der Waals surface area contributed by atoms with E-state index in [1.807, 2.05) is 19.4 Å². The Bertz CT molecular complexity index is 305. The van der Waals surface area contributed by atoms with E-state index in [0.717, 1.165) is 18.9 Å². The van der Waals surface area contributed by atoms with Crippen molar-refractivity contribution in [1.82, 2.24) is 14.9 Å². The van der Waals surface area contributed by atoms with Crippen LogP contribution in [0.3, 0.4) is 0 Å². The van der Waals surface area contributed by atoms with Crippen LogP contribution in [0, 0.1) is 5.41 Å². The van der Waals surface area contributed by atoms with Gasteiger partial charge in [0.2, 0.25) is 0 Å². The second-order valence-corrected chi connectivity index (χ2v) is 4.41. The molecule has 1 aromatic heterocycles. The Hall–Kier alpha value is -0.540. The molecule has 0 atom stereocenters. The first kappa shape index (κ1) is 12.5. The molecule has 0 bridgehead atoms. The van der Waals surface area contributed by atoms with Gasteiger partial charge in [-0.15, -0.1) is 12.4 Å². The van der Waals surface area contributed by atoms with Gasteiger partial charge in [0.15, 0.2) is 0 Å². The van der Waals surface area contributed by atoms with Crippen LogP contribution in [-0.2, 0) is 13.6 Å². The molecule has 1 N–H and O–H groups in total. The highest BCUT2D eigenvalue weighted by Gasteiger charge is 2.39. The Labute approximate surface area is 97.7 Å². The van der Waals surface area contributed by atoms with Gasteiger partial charge in [0.1, 0.15) is 5.82 Å². The van der Waals surface area contributed by atoms with Gasteiger partial charge in [-0.2, -0.15) is 0 Å². The van der Waals surface area contributed by atoms with Crippen LogP contribution in [0.15, 0.2) is 12.4 Å². The molecule has 1 saturated carbocycles. The van der Waals surface area contributed by atoms with Gasteiger partial charge in [-0.25, -0.2) is 4.98 Å². The minimum atomic E-state index is 0. The molecule has 1 aliphatic rings. The van der Waals surface area contributed by atoms with E-state index in [0.29, 0.717) is 5.41 Å². The largest absolute Gasteiger partial charge is 0.337 e. The third-order valence-electron chi connectivity index (χ3n) is 3.41. The molecule has 15 heavy (non-hydrogen) atoms. The zero-order valence-electron chi connectivity index (χ0n) is 9.49. The average Bonchev–Trinajstić information content (AvgIpc) is 2.86. The zero-order valence-corrected chi connectivity index (χ0v) is 10.3. The Balaban J connectivity index is 0.00000112. The Morgan fingerprint density at radius 3 is 2.73 bits per heavy atom. The number of nitrogens with one attached hydrogen (secondary N) is 1. The van der Waals surface area contributed by atoms with E-state index in [-0.39, 0.29) is 12.4 Å². The molecule has 0 unspecified atom stereocenters. The average molecular weight is 230 g/mol. The van der Waals surface area contributed by atoms with Crippen molar-refractivity contribution in [2.45, 2.75) is 32.7 Å². The Morgan fingerprint density at radius 1 is 1.53 bits per heavy atom. The third kappa shape index (κ3) is 2.95. The lowest BCUT2D eigenvalue weighted by molar-refractivity contribution is 0.438. The van der Waals surface area contributed by atoms with E-state index in [2.05, 4.69) is 21.8 Å². The predicted molar refractivity (Wildman–Crippen MR) is 64.1 cm³/mol. The molecule has 4 heteroatoms. The maximum atomic E-state index is 4.28. The lowest BCUT2D eigenvalue weighted by atomic mass is 10.0. The fourth-order valence-electron chi connectivity index (χ4n) is 1.84. The van der Waals surface area contributed by atoms with Crippen LogP contribution in [0.2, 0.25) is 0 Å². The molecule has 3 nitrogen and oxygen atoms in total. The standard InChI is InChI=1S/C11H19N3.ClH/c1-3-11(4-5-11)9-12-8-10-13-6-7-14(10)2;/h6-7,12H,3-5,8-9H2,1-2H3;1H. The van der Waals surface area contributed by atoms with E-state index in [9.17, 15) is 0 Å². The molecular formula is C11H20ClN3. The smallest absolute Gasteiger partial charge is 0.122 e. The first-order valence-corrected chi connectivity index (χ1v) is 5.43. The number of hydrogen-bond donors (Lipinski definition) is 1. The Morgan fingerprint density at radius 2 is 2.27 bits per heavy atom. The van der Waals surface area contributed by atoms with Crippen LogP contribution in [-0.4, -0.2) is 16.1 Å². The van der Waals surface area contributed by atoms with Crippen molar-refractivity contribution in [3.8, 4) is 0 Å². The molecule has 2 rings (SSSR count). The van der Waals surface area contributed by atoms with Crippen molar-refractivity contribution in [2.75, 3.05) is 6.54 Å². The molecule has 0 aromatic carbocycles. The lowest BCUT2D eigenvalue weighted by Gasteiger charge is -2.12. The van der Waals surface area contributed by atoms with Crippen molar-refractivity contribution in [3.05, 3.63) is 18.2 Å². The van der Waals surface area contributed by atoms with Crippen molar-refractivity contribution >= 4 is 12.4 Å². The SMILES string of the molecule is CCC1(CNCc2nccn2C)CC1.Cl. The Kier molecular flexibility index (Phi) is 4.17. The monoisotopic (exact) mass is 229 g/mol. The molecule has 86 valence electrons. The number of hydrogen-bond acceptors (Lipinski definition) is 2.